The topological polar surface area (TPSA) is 50.7 Å². The van der Waals surface area contributed by atoms with Gasteiger partial charge in [-0.05, 0) is 63.9 Å². The van der Waals surface area contributed by atoms with E-state index in [1.165, 1.54) is 22.5 Å². The molecule has 4 aromatic carbocycles. The van der Waals surface area contributed by atoms with E-state index in [0.29, 0.717) is 17.4 Å². The first-order valence-electron chi connectivity index (χ1n) is 10.5. The van der Waals surface area contributed by atoms with Crippen molar-refractivity contribution < 1.29 is 9.53 Å². The number of nitrogens with one attached hydrogen (secondary N) is 1. The lowest BCUT2D eigenvalue weighted by Crippen LogP contribution is -2.19. The van der Waals surface area contributed by atoms with Crippen molar-refractivity contribution >= 4 is 46.3 Å². The standard InChI is InChI=1S/C27H23ClN2O2S/c28-24-9-3-5-21(15-24)18-33-19-27(31)30-29-16-20-11-13-25(14-12-20)32-17-23-8-4-7-22-6-1-2-10-26(22)23/h1-16H,17-19H2,(H,30,31)/b29-16-. The van der Waals surface area contributed by atoms with Crippen LogP contribution >= 0.6 is 23.4 Å². The number of nitrogens with zero attached hydrogens (tertiary/aromatic N) is 1. The summed E-state index contributed by atoms with van der Waals surface area (Å²) in [6.07, 6.45) is 1.62. The number of carbonyl (C=O) groups is 1. The first-order chi connectivity index (χ1) is 16.2. The average molecular weight is 475 g/mol. The maximum absolute atomic E-state index is 12.0. The van der Waals surface area contributed by atoms with Crippen LogP contribution in [0.25, 0.3) is 10.8 Å². The summed E-state index contributed by atoms with van der Waals surface area (Å²) in [5.74, 6) is 1.68. The van der Waals surface area contributed by atoms with Crippen LogP contribution in [0.5, 0.6) is 5.75 Å². The summed E-state index contributed by atoms with van der Waals surface area (Å²) in [4.78, 5) is 12.0. The molecule has 0 fully saturated rings. The maximum atomic E-state index is 12.0. The fraction of sp³-hybridized carbons (Fsp3) is 0.111. The van der Waals surface area contributed by atoms with Gasteiger partial charge in [-0.2, -0.15) is 5.10 Å². The number of hydrazone groups is 1. The van der Waals surface area contributed by atoms with Gasteiger partial charge in [0, 0.05) is 10.8 Å². The molecule has 0 aliphatic carbocycles. The van der Waals surface area contributed by atoms with Crippen molar-refractivity contribution in [2.75, 3.05) is 5.75 Å². The second-order valence-corrected chi connectivity index (χ2v) is 8.83. The fourth-order valence-electron chi connectivity index (χ4n) is 3.33. The minimum atomic E-state index is -0.145. The largest absolute Gasteiger partial charge is 0.489 e. The molecule has 0 unspecified atom stereocenters. The Morgan fingerprint density at radius 3 is 2.61 bits per heavy atom. The van der Waals surface area contributed by atoms with Crippen molar-refractivity contribution in [3.8, 4) is 5.75 Å². The molecule has 0 aromatic heterocycles. The number of ether oxygens (including phenoxy) is 1. The zero-order valence-corrected chi connectivity index (χ0v) is 19.5. The highest BCUT2D eigenvalue weighted by Gasteiger charge is 2.03. The number of amides is 1. The lowest BCUT2D eigenvalue weighted by atomic mass is 10.1. The van der Waals surface area contributed by atoms with Gasteiger partial charge in [0.2, 0.25) is 5.91 Å². The van der Waals surface area contributed by atoms with Crippen LogP contribution < -0.4 is 10.2 Å². The van der Waals surface area contributed by atoms with Gasteiger partial charge in [-0.1, -0.05) is 66.2 Å². The quantitative estimate of drug-likeness (QED) is 0.224. The van der Waals surface area contributed by atoms with E-state index in [0.717, 1.165) is 28.2 Å². The lowest BCUT2D eigenvalue weighted by molar-refractivity contribution is -0.118. The van der Waals surface area contributed by atoms with E-state index in [1.54, 1.807) is 6.21 Å². The van der Waals surface area contributed by atoms with E-state index in [4.69, 9.17) is 16.3 Å². The molecule has 1 amide bonds. The highest BCUT2D eigenvalue weighted by atomic mass is 35.5. The van der Waals surface area contributed by atoms with Crippen molar-refractivity contribution in [3.63, 3.8) is 0 Å². The van der Waals surface area contributed by atoms with Crippen molar-refractivity contribution in [2.45, 2.75) is 12.4 Å². The Balaban J connectivity index is 1.22. The summed E-state index contributed by atoms with van der Waals surface area (Å²) in [7, 11) is 0. The second-order valence-electron chi connectivity index (χ2n) is 7.41. The number of fused-ring (bicyclic) bond motifs is 1. The Bertz CT molecular complexity index is 1250. The molecule has 0 bridgehead atoms. The highest BCUT2D eigenvalue weighted by molar-refractivity contribution is 7.99. The minimum absolute atomic E-state index is 0.145. The normalized spacial score (nSPS) is 11.1. The molecule has 0 aliphatic heterocycles. The van der Waals surface area contributed by atoms with Crippen molar-refractivity contribution in [1.82, 2.24) is 5.43 Å². The average Bonchev–Trinajstić information content (AvgIpc) is 2.83. The van der Waals surface area contributed by atoms with Gasteiger partial charge in [0.25, 0.3) is 0 Å². The Kier molecular flexibility index (Phi) is 8.01. The predicted octanol–water partition coefficient (Wildman–Crippen LogP) is 6.46. The number of halogens is 1. The zero-order chi connectivity index (χ0) is 22.9. The van der Waals surface area contributed by atoms with Gasteiger partial charge in [-0.3, -0.25) is 4.79 Å². The van der Waals surface area contributed by atoms with Crippen LogP contribution in [0.4, 0.5) is 0 Å². The van der Waals surface area contributed by atoms with Gasteiger partial charge in [0.1, 0.15) is 12.4 Å². The number of benzene rings is 4. The van der Waals surface area contributed by atoms with E-state index < -0.39 is 0 Å². The number of carbonyl (C=O) groups excluding carboxylic acids is 1. The molecule has 33 heavy (non-hydrogen) atoms. The summed E-state index contributed by atoms with van der Waals surface area (Å²) in [6, 6.07) is 29.8. The SMILES string of the molecule is O=C(CSCc1cccc(Cl)c1)N/N=C\c1ccc(OCc2cccc3ccccc23)cc1. The molecule has 0 saturated carbocycles. The molecule has 166 valence electrons. The van der Waals surface area contributed by atoms with E-state index in [1.807, 2.05) is 66.7 Å². The summed E-state index contributed by atoms with van der Waals surface area (Å²) in [6.45, 7) is 0.498. The van der Waals surface area contributed by atoms with Crippen LogP contribution in [-0.2, 0) is 17.2 Å². The monoisotopic (exact) mass is 474 g/mol. The lowest BCUT2D eigenvalue weighted by Gasteiger charge is -2.09. The second kappa shape index (κ2) is 11.5. The smallest absolute Gasteiger partial charge is 0.250 e. The first kappa shape index (κ1) is 22.9. The van der Waals surface area contributed by atoms with Crippen LogP contribution in [0.1, 0.15) is 16.7 Å². The Hall–Kier alpha value is -3.28. The molecular formula is C27H23ClN2O2S. The summed E-state index contributed by atoms with van der Waals surface area (Å²) >= 11 is 7.49. The van der Waals surface area contributed by atoms with Gasteiger partial charge in [-0.15, -0.1) is 11.8 Å². The van der Waals surface area contributed by atoms with Crippen LogP contribution in [0.2, 0.25) is 5.02 Å². The van der Waals surface area contributed by atoms with E-state index in [-0.39, 0.29) is 5.91 Å². The fourth-order valence-corrected chi connectivity index (χ4v) is 4.31. The molecule has 4 rings (SSSR count). The van der Waals surface area contributed by atoms with Crippen LogP contribution in [0, 0.1) is 0 Å². The van der Waals surface area contributed by atoms with E-state index >= 15 is 0 Å². The molecular weight excluding hydrogens is 452 g/mol. The summed E-state index contributed by atoms with van der Waals surface area (Å²) < 4.78 is 5.96. The first-order valence-corrected chi connectivity index (χ1v) is 12.0. The summed E-state index contributed by atoms with van der Waals surface area (Å²) in [5, 5.41) is 7.14. The van der Waals surface area contributed by atoms with Crippen molar-refractivity contribution in [2.24, 2.45) is 5.10 Å². The van der Waals surface area contributed by atoms with E-state index in [2.05, 4.69) is 34.8 Å². The minimum Gasteiger partial charge on any atom is -0.489 e. The van der Waals surface area contributed by atoms with Gasteiger partial charge >= 0.3 is 0 Å². The number of rotatable bonds is 9. The number of hydrogen-bond donors (Lipinski definition) is 1. The molecule has 0 aliphatic rings. The van der Waals surface area contributed by atoms with Gasteiger partial charge in [0.15, 0.2) is 0 Å². The third-order valence-corrected chi connectivity index (χ3v) is 6.19. The molecule has 1 N–H and O–H groups in total. The van der Waals surface area contributed by atoms with Gasteiger partial charge in [-0.25, -0.2) is 5.43 Å². The molecule has 0 radical (unpaired) electrons. The highest BCUT2D eigenvalue weighted by Crippen LogP contribution is 2.21. The predicted molar refractivity (Wildman–Crippen MR) is 138 cm³/mol. The molecule has 4 aromatic rings. The molecule has 4 nitrogen and oxygen atoms in total. The molecule has 0 heterocycles. The molecule has 0 saturated heterocycles. The van der Waals surface area contributed by atoms with Crippen LogP contribution in [0.3, 0.4) is 0 Å². The number of thioether (sulfide) groups is 1. The molecule has 0 spiro atoms. The Morgan fingerprint density at radius 2 is 1.76 bits per heavy atom. The maximum Gasteiger partial charge on any atom is 0.250 e. The van der Waals surface area contributed by atoms with Gasteiger partial charge < -0.3 is 4.74 Å². The summed E-state index contributed by atoms with van der Waals surface area (Å²) in [5.41, 5.74) is 5.67. The zero-order valence-electron chi connectivity index (χ0n) is 17.9. The van der Waals surface area contributed by atoms with Crippen molar-refractivity contribution in [3.05, 3.63) is 113 Å². The number of hydrogen-bond acceptors (Lipinski definition) is 4. The Morgan fingerprint density at radius 1 is 0.970 bits per heavy atom. The Labute approximate surface area is 202 Å². The van der Waals surface area contributed by atoms with E-state index in [9.17, 15) is 4.79 Å². The van der Waals surface area contributed by atoms with Gasteiger partial charge in [0.05, 0.1) is 12.0 Å². The third-order valence-electron chi connectivity index (χ3n) is 4.95. The molecule has 0 atom stereocenters. The molecule has 6 heteroatoms. The van der Waals surface area contributed by atoms with Crippen LogP contribution in [-0.4, -0.2) is 17.9 Å². The van der Waals surface area contributed by atoms with Crippen molar-refractivity contribution in [1.29, 1.82) is 0 Å². The third kappa shape index (κ3) is 6.85. The van der Waals surface area contributed by atoms with Crippen LogP contribution in [0.15, 0.2) is 96.1 Å².